The number of hydrogen-bond acceptors (Lipinski definition) is 1. The van der Waals surface area contributed by atoms with Gasteiger partial charge in [-0.1, -0.05) is 143 Å². The molecule has 1 aliphatic heterocycles. The summed E-state index contributed by atoms with van der Waals surface area (Å²) in [7, 11) is 0. The standard InChI is InChI=1S/C30H21BS/c1-3-12-22(13-4-1)24-16-11-17-25(23-14-5-2-6-15-23)30(24)31-26-18-7-9-20-28(26)32-29-21-10-8-19-27(29)31/h1-21H. The van der Waals surface area contributed by atoms with Crippen molar-refractivity contribution >= 4 is 34.9 Å². The third-order valence-corrected chi connectivity index (χ3v) is 7.43. The zero-order valence-corrected chi connectivity index (χ0v) is 18.4. The molecule has 0 spiro atoms. The minimum atomic E-state index is 0.176. The molecule has 0 atom stereocenters. The van der Waals surface area contributed by atoms with Crippen molar-refractivity contribution in [3.05, 3.63) is 127 Å². The van der Waals surface area contributed by atoms with Crippen LogP contribution in [0, 0.1) is 0 Å². The zero-order valence-electron chi connectivity index (χ0n) is 17.6. The summed E-state index contributed by atoms with van der Waals surface area (Å²) in [5.74, 6) is 0. The minimum Gasteiger partial charge on any atom is -0.0912 e. The number of hydrogen-bond donors (Lipinski definition) is 0. The van der Waals surface area contributed by atoms with Gasteiger partial charge in [0, 0.05) is 9.79 Å². The summed E-state index contributed by atoms with van der Waals surface area (Å²) in [5, 5.41) is 0. The van der Waals surface area contributed by atoms with Gasteiger partial charge in [0.05, 0.1) is 0 Å². The summed E-state index contributed by atoms with van der Waals surface area (Å²) in [5.41, 5.74) is 9.27. The summed E-state index contributed by atoms with van der Waals surface area (Å²) in [6, 6.07) is 46.1. The molecule has 0 amide bonds. The highest BCUT2D eigenvalue weighted by atomic mass is 32.2. The molecule has 1 heterocycles. The Morgan fingerprint density at radius 3 is 1.34 bits per heavy atom. The maximum atomic E-state index is 2.31. The van der Waals surface area contributed by atoms with Gasteiger partial charge in [-0.25, -0.2) is 0 Å². The molecule has 5 aromatic rings. The van der Waals surface area contributed by atoms with Gasteiger partial charge in [-0.2, -0.15) is 0 Å². The fourth-order valence-electron chi connectivity index (χ4n) is 4.84. The van der Waals surface area contributed by atoms with Gasteiger partial charge in [0.15, 0.2) is 0 Å². The second kappa shape index (κ2) is 8.22. The first-order chi connectivity index (χ1) is 15.9. The van der Waals surface area contributed by atoms with E-state index in [1.54, 1.807) is 0 Å². The average Bonchev–Trinajstić information content (AvgIpc) is 2.88. The first-order valence-electron chi connectivity index (χ1n) is 11.0. The summed E-state index contributed by atoms with van der Waals surface area (Å²) >= 11 is 1.88. The van der Waals surface area contributed by atoms with E-state index in [-0.39, 0.29) is 6.71 Å². The van der Waals surface area contributed by atoms with E-state index in [9.17, 15) is 0 Å². The van der Waals surface area contributed by atoms with E-state index in [0.29, 0.717) is 0 Å². The van der Waals surface area contributed by atoms with Crippen LogP contribution in [0.3, 0.4) is 0 Å². The monoisotopic (exact) mass is 424 g/mol. The predicted octanol–water partition coefficient (Wildman–Crippen LogP) is 6.00. The lowest BCUT2D eigenvalue weighted by Crippen LogP contribution is -2.56. The van der Waals surface area contributed by atoms with Gasteiger partial charge in [0.25, 0.3) is 0 Å². The van der Waals surface area contributed by atoms with E-state index >= 15 is 0 Å². The molecular formula is C30H21BS. The van der Waals surface area contributed by atoms with Gasteiger partial charge in [0.1, 0.15) is 0 Å². The molecular weight excluding hydrogens is 403 g/mol. The third-order valence-electron chi connectivity index (χ3n) is 6.24. The Morgan fingerprint density at radius 2 is 0.844 bits per heavy atom. The van der Waals surface area contributed by atoms with E-state index in [0.717, 1.165) is 0 Å². The molecule has 0 fully saturated rings. The average molecular weight is 424 g/mol. The first-order valence-corrected chi connectivity index (χ1v) is 11.8. The van der Waals surface area contributed by atoms with Crippen LogP contribution in [0.15, 0.2) is 137 Å². The summed E-state index contributed by atoms with van der Waals surface area (Å²) < 4.78 is 0. The largest absolute Gasteiger partial charge is 0.245 e. The molecule has 32 heavy (non-hydrogen) atoms. The molecule has 0 bridgehead atoms. The van der Waals surface area contributed by atoms with Crippen LogP contribution in [0.4, 0.5) is 0 Å². The summed E-state index contributed by atoms with van der Waals surface area (Å²) in [6.45, 7) is 0.176. The van der Waals surface area contributed by atoms with Crippen LogP contribution in [0.5, 0.6) is 0 Å². The Kier molecular flexibility index (Phi) is 4.94. The normalized spacial score (nSPS) is 12.2. The van der Waals surface area contributed by atoms with E-state index in [4.69, 9.17) is 0 Å². The highest BCUT2D eigenvalue weighted by Crippen LogP contribution is 2.32. The van der Waals surface area contributed by atoms with Gasteiger partial charge in [-0.05, 0) is 34.4 Å². The Balaban J connectivity index is 1.71. The van der Waals surface area contributed by atoms with Gasteiger partial charge < -0.3 is 0 Å². The molecule has 0 unspecified atom stereocenters. The van der Waals surface area contributed by atoms with E-state index in [1.807, 2.05) is 11.8 Å². The quantitative estimate of drug-likeness (QED) is 0.314. The van der Waals surface area contributed by atoms with Crippen LogP contribution in [0.25, 0.3) is 22.3 Å². The van der Waals surface area contributed by atoms with Crippen molar-refractivity contribution in [1.29, 1.82) is 0 Å². The zero-order chi connectivity index (χ0) is 21.3. The molecule has 2 heteroatoms. The van der Waals surface area contributed by atoms with Crippen molar-refractivity contribution in [3.8, 4) is 22.3 Å². The molecule has 150 valence electrons. The van der Waals surface area contributed by atoms with Crippen LogP contribution in [-0.2, 0) is 0 Å². The van der Waals surface area contributed by atoms with Crippen molar-refractivity contribution in [2.75, 3.05) is 0 Å². The lowest BCUT2D eigenvalue weighted by molar-refractivity contribution is 1.43. The highest BCUT2D eigenvalue weighted by molar-refractivity contribution is 8.00. The van der Waals surface area contributed by atoms with Gasteiger partial charge in [0.2, 0.25) is 6.71 Å². The topological polar surface area (TPSA) is 0 Å². The lowest BCUT2D eigenvalue weighted by Gasteiger charge is -2.29. The highest BCUT2D eigenvalue weighted by Gasteiger charge is 2.34. The fourth-order valence-corrected chi connectivity index (χ4v) is 5.97. The van der Waals surface area contributed by atoms with E-state index in [1.165, 1.54) is 48.4 Å². The van der Waals surface area contributed by atoms with Crippen molar-refractivity contribution < 1.29 is 0 Å². The number of fused-ring (bicyclic) bond motifs is 2. The van der Waals surface area contributed by atoms with Crippen molar-refractivity contribution in [2.45, 2.75) is 9.79 Å². The first kappa shape index (κ1) is 19.2. The SMILES string of the molecule is c1ccc(-c2cccc(-c3ccccc3)c2B2c3ccccc3Sc3ccccc32)cc1. The second-order valence-electron chi connectivity index (χ2n) is 8.11. The Bertz CT molecular complexity index is 1290. The van der Waals surface area contributed by atoms with Crippen molar-refractivity contribution in [1.82, 2.24) is 0 Å². The van der Waals surface area contributed by atoms with E-state index < -0.39 is 0 Å². The molecule has 0 saturated heterocycles. The van der Waals surface area contributed by atoms with Gasteiger partial charge >= 0.3 is 0 Å². The summed E-state index contributed by atoms with van der Waals surface area (Å²) in [6.07, 6.45) is 0. The molecule has 0 saturated carbocycles. The molecule has 0 radical (unpaired) electrons. The molecule has 5 aromatic carbocycles. The Morgan fingerprint density at radius 1 is 0.406 bits per heavy atom. The summed E-state index contributed by atoms with van der Waals surface area (Å²) in [4.78, 5) is 2.69. The number of benzene rings is 5. The Labute approximate surface area is 194 Å². The van der Waals surface area contributed by atoms with E-state index in [2.05, 4.69) is 127 Å². The smallest absolute Gasteiger partial charge is 0.0912 e. The molecule has 0 aliphatic carbocycles. The van der Waals surface area contributed by atoms with Crippen LogP contribution in [0.2, 0.25) is 0 Å². The van der Waals surface area contributed by atoms with Crippen LogP contribution < -0.4 is 16.4 Å². The third kappa shape index (κ3) is 3.28. The molecule has 1 aliphatic rings. The number of rotatable bonds is 3. The second-order valence-corrected chi connectivity index (χ2v) is 9.19. The Hall–Kier alpha value is -3.49. The maximum Gasteiger partial charge on any atom is 0.245 e. The van der Waals surface area contributed by atoms with Gasteiger partial charge in [-0.3, -0.25) is 0 Å². The minimum absolute atomic E-state index is 0.176. The van der Waals surface area contributed by atoms with Crippen LogP contribution in [0.1, 0.15) is 0 Å². The van der Waals surface area contributed by atoms with Gasteiger partial charge in [-0.15, -0.1) is 0 Å². The van der Waals surface area contributed by atoms with Crippen molar-refractivity contribution in [3.63, 3.8) is 0 Å². The van der Waals surface area contributed by atoms with Crippen LogP contribution >= 0.6 is 11.8 Å². The molecule has 6 rings (SSSR count). The van der Waals surface area contributed by atoms with Crippen LogP contribution in [-0.4, -0.2) is 6.71 Å². The molecule has 0 aromatic heterocycles. The lowest BCUT2D eigenvalue weighted by atomic mass is 9.35. The maximum absolute atomic E-state index is 2.31. The predicted molar refractivity (Wildman–Crippen MR) is 139 cm³/mol. The molecule has 0 N–H and O–H groups in total. The fraction of sp³-hybridized carbons (Fsp3) is 0. The van der Waals surface area contributed by atoms with Crippen molar-refractivity contribution in [2.24, 2.45) is 0 Å². The molecule has 0 nitrogen and oxygen atoms in total.